The zero-order chi connectivity index (χ0) is 9.19. The Morgan fingerprint density at radius 1 is 1.50 bits per heavy atom. The molecule has 0 unspecified atom stereocenters. The van der Waals surface area contributed by atoms with Gasteiger partial charge < -0.3 is 5.73 Å². The Balaban J connectivity index is 2.87. The maximum Gasteiger partial charge on any atom is 0.00834 e. The van der Waals surface area contributed by atoms with Gasteiger partial charge in [0, 0.05) is 5.70 Å². The molecule has 1 heteroatoms. The molecule has 0 radical (unpaired) electrons. The Morgan fingerprint density at radius 2 is 2.17 bits per heavy atom. The zero-order valence-electron chi connectivity index (χ0n) is 8.35. The fraction of sp³-hybridized carbons (Fsp3) is 0.636. The first-order valence-electron chi connectivity index (χ1n) is 4.71. The second-order valence-corrected chi connectivity index (χ2v) is 4.28. The molecule has 0 aromatic heterocycles. The summed E-state index contributed by atoms with van der Waals surface area (Å²) in [6, 6.07) is 0. The van der Waals surface area contributed by atoms with Crippen molar-refractivity contribution in [2.45, 2.75) is 40.0 Å². The summed E-state index contributed by atoms with van der Waals surface area (Å²) in [5, 5.41) is 0. The molecule has 0 aromatic carbocycles. The van der Waals surface area contributed by atoms with Crippen molar-refractivity contribution in [2.75, 3.05) is 0 Å². The van der Waals surface area contributed by atoms with Gasteiger partial charge in [0.1, 0.15) is 0 Å². The topological polar surface area (TPSA) is 26.0 Å². The Bertz CT molecular complexity index is 221. The summed E-state index contributed by atoms with van der Waals surface area (Å²) in [6.45, 7) is 6.72. The summed E-state index contributed by atoms with van der Waals surface area (Å²) < 4.78 is 0. The van der Waals surface area contributed by atoms with E-state index in [2.05, 4.69) is 32.9 Å². The largest absolute Gasteiger partial charge is 0.402 e. The van der Waals surface area contributed by atoms with Gasteiger partial charge in [-0.1, -0.05) is 32.4 Å². The van der Waals surface area contributed by atoms with E-state index in [-0.39, 0.29) is 0 Å². The van der Waals surface area contributed by atoms with E-state index in [0.717, 1.165) is 18.5 Å². The van der Waals surface area contributed by atoms with Gasteiger partial charge in [0.2, 0.25) is 0 Å². The van der Waals surface area contributed by atoms with Crippen LogP contribution < -0.4 is 5.73 Å². The summed E-state index contributed by atoms with van der Waals surface area (Å²) in [7, 11) is 0. The summed E-state index contributed by atoms with van der Waals surface area (Å²) in [5.41, 5.74) is 8.58. The number of nitrogens with two attached hydrogens (primary N) is 1. The van der Waals surface area contributed by atoms with Gasteiger partial charge in [-0.25, -0.2) is 0 Å². The lowest BCUT2D eigenvalue weighted by Crippen LogP contribution is -2.07. The highest BCUT2D eigenvalue weighted by molar-refractivity contribution is 5.26. The minimum Gasteiger partial charge on any atom is -0.402 e. The van der Waals surface area contributed by atoms with Crippen LogP contribution in [0.25, 0.3) is 0 Å². The average Bonchev–Trinajstić information content (AvgIpc) is 2.10. The van der Waals surface area contributed by atoms with Crippen molar-refractivity contribution >= 4 is 0 Å². The van der Waals surface area contributed by atoms with Gasteiger partial charge in [0.25, 0.3) is 0 Å². The lowest BCUT2D eigenvalue weighted by atomic mass is 9.87. The molecule has 0 amide bonds. The lowest BCUT2D eigenvalue weighted by molar-refractivity contribution is 0.437. The molecule has 0 aliphatic heterocycles. The molecule has 0 bridgehead atoms. The summed E-state index contributed by atoms with van der Waals surface area (Å²) in [5.74, 6) is 0. The van der Waals surface area contributed by atoms with Gasteiger partial charge in [-0.2, -0.15) is 0 Å². The molecule has 0 fully saturated rings. The third-order valence-corrected chi connectivity index (χ3v) is 2.41. The predicted molar refractivity (Wildman–Crippen MR) is 53.7 cm³/mol. The van der Waals surface area contributed by atoms with Crippen LogP contribution in [0.3, 0.4) is 0 Å². The van der Waals surface area contributed by atoms with E-state index in [9.17, 15) is 0 Å². The van der Waals surface area contributed by atoms with Crippen molar-refractivity contribution in [3.8, 4) is 0 Å². The van der Waals surface area contributed by atoms with Crippen molar-refractivity contribution in [2.24, 2.45) is 11.1 Å². The van der Waals surface area contributed by atoms with E-state index >= 15 is 0 Å². The molecule has 0 aromatic rings. The Morgan fingerprint density at radius 3 is 2.75 bits per heavy atom. The average molecular weight is 165 g/mol. The summed E-state index contributed by atoms with van der Waals surface area (Å²) in [6.07, 6.45) is 7.78. The monoisotopic (exact) mass is 165 g/mol. The summed E-state index contributed by atoms with van der Waals surface area (Å²) in [4.78, 5) is 0. The van der Waals surface area contributed by atoms with Gasteiger partial charge in [0.05, 0.1) is 0 Å². The van der Waals surface area contributed by atoms with Crippen LogP contribution in [0.1, 0.15) is 40.0 Å². The van der Waals surface area contributed by atoms with Crippen molar-refractivity contribution in [3.05, 3.63) is 23.4 Å². The van der Waals surface area contributed by atoms with Crippen LogP contribution in [0, 0.1) is 5.41 Å². The van der Waals surface area contributed by atoms with E-state index in [0.29, 0.717) is 5.41 Å². The molecule has 0 atom stereocenters. The molecule has 0 heterocycles. The molecule has 1 aliphatic carbocycles. The minimum absolute atomic E-state index is 0.322. The Hall–Kier alpha value is -0.720. The number of allylic oxidation sites excluding steroid dienone is 4. The highest BCUT2D eigenvalue weighted by atomic mass is 14.6. The predicted octanol–water partition coefficient (Wildman–Crippen LogP) is 2.99. The van der Waals surface area contributed by atoms with E-state index in [1.165, 1.54) is 12.0 Å². The van der Waals surface area contributed by atoms with Gasteiger partial charge in [-0.3, -0.25) is 0 Å². The molecule has 0 saturated carbocycles. The zero-order valence-corrected chi connectivity index (χ0v) is 8.35. The molecule has 0 saturated heterocycles. The van der Waals surface area contributed by atoms with Crippen LogP contribution in [0.5, 0.6) is 0 Å². The van der Waals surface area contributed by atoms with Crippen LogP contribution in [0.15, 0.2) is 23.4 Å². The van der Waals surface area contributed by atoms with Crippen LogP contribution in [0.2, 0.25) is 0 Å². The van der Waals surface area contributed by atoms with Crippen LogP contribution in [-0.2, 0) is 0 Å². The fourth-order valence-corrected chi connectivity index (χ4v) is 1.60. The van der Waals surface area contributed by atoms with Gasteiger partial charge in [0.15, 0.2) is 0 Å². The molecule has 12 heavy (non-hydrogen) atoms. The standard InChI is InChI=1S/C11H19N/c1-4-9-7-10(12)5-6-11(2,3)8-9/h7-8H,4-6,12H2,1-3H3. The van der Waals surface area contributed by atoms with E-state index < -0.39 is 0 Å². The Labute approximate surface area is 75.3 Å². The molecule has 1 aliphatic rings. The van der Waals surface area contributed by atoms with Gasteiger partial charge in [-0.15, -0.1) is 0 Å². The highest BCUT2D eigenvalue weighted by Crippen LogP contribution is 2.30. The first kappa shape index (κ1) is 9.37. The Kier molecular flexibility index (Phi) is 2.61. The summed E-state index contributed by atoms with van der Waals surface area (Å²) >= 11 is 0. The maximum absolute atomic E-state index is 5.84. The molecule has 68 valence electrons. The lowest BCUT2D eigenvalue weighted by Gasteiger charge is -2.18. The van der Waals surface area contributed by atoms with Gasteiger partial charge >= 0.3 is 0 Å². The first-order valence-corrected chi connectivity index (χ1v) is 4.71. The first-order chi connectivity index (χ1) is 5.53. The third kappa shape index (κ3) is 2.40. The van der Waals surface area contributed by atoms with E-state index in [1.54, 1.807) is 0 Å². The van der Waals surface area contributed by atoms with Crippen molar-refractivity contribution < 1.29 is 0 Å². The second kappa shape index (κ2) is 3.34. The molecule has 1 nitrogen and oxygen atoms in total. The number of rotatable bonds is 1. The number of hydrogen-bond acceptors (Lipinski definition) is 1. The molecular weight excluding hydrogens is 146 g/mol. The van der Waals surface area contributed by atoms with Crippen molar-refractivity contribution in [1.29, 1.82) is 0 Å². The SMILES string of the molecule is CCC1=CC(C)(C)CCC(N)=C1. The maximum atomic E-state index is 5.84. The normalized spacial score (nSPS) is 22.6. The highest BCUT2D eigenvalue weighted by Gasteiger charge is 2.17. The van der Waals surface area contributed by atoms with Crippen molar-refractivity contribution in [3.63, 3.8) is 0 Å². The molecule has 2 N–H and O–H groups in total. The smallest absolute Gasteiger partial charge is 0.00834 e. The van der Waals surface area contributed by atoms with E-state index in [1.807, 2.05) is 0 Å². The fourth-order valence-electron chi connectivity index (χ4n) is 1.60. The minimum atomic E-state index is 0.322. The van der Waals surface area contributed by atoms with Crippen LogP contribution in [0.4, 0.5) is 0 Å². The van der Waals surface area contributed by atoms with Gasteiger partial charge in [-0.05, 0) is 30.8 Å². The molecule has 0 spiro atoms. The van der Waals surface area contributed by atoms with E-state index in [4.69, 9.17) is 5.73 Å². The van der Waals surface area contributed by atoms with Crippen LogP contribution in [-0.4, -0.2) is 0 Å². The number of hydrogen-bond donors (Lipinski definition) is 1. The molecular formula is C11H19N. The molecule has 1 rings (SSSR count). The van der Waals surface area contributed by atoms with Crippen LogP contribution >= 0.6 is 0 Å². The third-order valence-electron chi connectivity index (χ3n) is 2.41. The van der Waals surface area contributed by atoms with Crippen molar-refractivity contribution in [1.82, 2.24) is 0 Å². The quantitative estimate of drug-likeness (QED) is 0.635. The second-order valence-electron chi connectivity index (χ2n) is 4.28.